The van der Waals surface area contributed by atoms with Gasteiger partial charge >= 0.3 is 0 Å². The fourth-order valence-corrected chi connectivity index (χ4v) is 4.81. The second kappa shape index (κ2) is 11.1. The van der Waals surface area contributed by atoms with E-state index in [1.807, 2.05) is 36.4 Å². The van der Waals surface area contributed by atoms with E-state index in [0.717, 1.165) is 18.5 Å². The van der Waals surface area contributed by atoms with E-state index in [0.29, 0.717) is 25.2 Å². The van der Waals surface area contributed by atoms with E-state index < -0.39 is 15.9 Å². The molecular weight excluding hydrogens is 414 g/mol. The number of nitrogens with one attached hydrogen (secondary N) is 2. The summed E-state index contributed by atoms with van der Waals surface area (Å²) in [5.74, 6) is 0.0593. The minimum absolute atomic E-state index is 0.136. The van der Waals surface area contributed by atoms with Crippen LogP contribution in [-0.2, 0) is 14.6 Å². The SMILES string of the molecule is O=C(C[C@H](NC(=O)c1ccccc1)c1ccccc1)NCCCN1CCS(=O)(=O)CC1. The first-order valence-corrected chi connectivity index (χ1v) is 12.4. The van der Waals surface area contributed by atoms with Gasteiger partial charge in [0.2, 0.25) is 5.91 Å². The molecule has 1 aliphatic rings. The van der Waals surface area contributed by atoms with Crippen LogP contribution in [0.4, 0.5) is 0 Å². The highest BCUT2D eigenvalue weighted by molar-refractivity contribution is 7.91. The zero-order valence-corrected chi connectivity index (χ0v) is 18.3. The molecule has 1 aliphatic heterocycles. The van der Waals surface area contributed by atoms with E-state index in [1.54, 1.807) is 24.3 Å². The zero-order valence-electron chi connectivity index (χ0n) is 17.5. The van der Waals surface area contributed by atoms with Gasteiger partial charge in [0.05, 0.1) is 24.0 Å². The topological polar surface area (TPSA) is 95.6 Å². The minimum Gasteiger partial charge on any atom is -0.356 e. The Morgan fingerprint density at radius 2 is 1.55 bits per heavy atom. The van der Waals surface area contributed by atoms with Gasteiger partial charge in [-0.15, -0.1) is 0 Å². The van der Waals surface area contributed by atoms with E-state index >= 15 is 0 Å². The van der Waals surface area contributed by atoms with E-state index in [1.165, 1.54) is 0 Å². The Hall–Kier alpha value is -2.71. The molecule has 1 heterocycles. The van der Waals surface area contributed by atoms with Crippen molar-refractivity contribution in [1.29, 1.82) is 0 Å². The lowest BCUT2D eigenvalue weighted by atomic mass is 10.0. The van der Waals surface area contributed by atoms with Gasteiger partial charge in [-0.1, -0.05) is 48.5 Å². The lowest BCUT2D eigenvalue weighted by Crippen LogP contribution is -2.41. The number of carbonyl (C=O) groups excluding carboxylic acids is 2. The first-order valence-electron chi connectivity index (χ1n) is 10.5. The molecule has 1 saturated heterocycles. The molecule has 0 aliphatic carbocycles. The molecule has 166 valence electrons. The van der Waals surface area contributed by atoms with Gasteiger partial charge in [0, 0.05) is 25.2 Å². The van der Waals surface area contributed by atoms with Gasteiger partial charge in [0.25, 0.3) is 5.91 Å². The molecule has 8 heteroatoms. The monoisotopic (exact) mass is 443 g/mol. The number of amides is 2. The number of nitrogens with zero attached hydrogens (tertiary/aromatic N) is 1. The van der Waals surface area contributed by atoms with Gasteiger partial charge in [0.15, 0.2) is 9.84 Å². The average molecular weight is 444 g/mol. The molecule has 3 rings (SSSR count). The van der Waals surface area contributed by atoms with Crippen molar-refractivity contribution in [1.82, 2.24) is 15.5 Å². The van der Waals surface area contributed by atoms with E-state index in [-0.39, 0.29) is 29.7 Å². The maximum Gasteiger partial charge on any atom is 0.251 e. The molecule has 0 spiro atoms. The molecule has 2 aromatic carbocycles. The summed E-state index contributed by atoms with van der Waals surface area (Å²) in [4.78, 5) is 27.2. The van der Waals surface area contributed by atoms with Gasteiger partial charge in [-0.3, -0.25) is 9.59 Å². The molecule has 7 nitrogen and oxygen atoms in total. The van der Waals surface area contributed by atoms with Crippen molar-refractivity contribution < 1.29 is 18.0 Å². The molecule has 1 fully saturated rings. The number of benzene rings is 2. The second-order valence-electron chi connectivity index (χ2n) is 7.70. The molecule has 0 bridgehead atoms. The highest BCUT2D eigenvalue weighted by Gasteiger charge is 2.21. The van der Waals surface area contributed by atoms with Gasteiger partial charge in [0.1, 0.15) is 0 Å². The van der Waals surface area contributed by atoms with Gasteiger partial charge < -0.3 is 15.5 Å². The highest BCUT2D eigenvalue weighted by atomic mass is 32.2. The molecule has 0 radical (unpaired) electrons. The maximum atomic E-state index is 12.6. The number of hydrogen-bond acceptors (Lipinski definition) is 5. The first-order chi connectivity index (χ1) is 14.9. The average Bonchev–Trinajstić information content (AvgIpc) is 2.78. The van der Waals surface area contributed by atoms with Gasteiger partial charge in [-0.05, 0) is 30.7 Å². The smallest absolute Gasteiger partial charge is 0.251 e. The molecule has 0 aromatic heterocycles. The van der Waals surface area contributed by atoms with Crippen LogP contribution in [0.15, 0.2) is 60.7 Å². The molecule has 31 heavy (non-hydrogen) atoms. The lowest BCUT2D eigenvalue weighted by Gasteiger charge is -2.26. The summed E-state index contributed by atoms with van der Waals surface area (Å²) < 4.78 is 23.0. The molecule has 1 atom stereocenters. The molecule has 2 N–H and O–H groups in total. The number of carbonyl (C=O) groups is 2. The van der Waals surface area contributed by atoms with Crippen molar-refractivity contribution in [2.75, 3.05) is 37.7 Å². The summed E-state index contributed by atoms with van der Waals surface area (Å²) >= 11 is 0. The second-order valence-corrected chi connectivity index (χ2v) is 10.0. The number of hydrogen-bond donors (Lipinski definition) is 2. The normalized spacial score (nSPS) is 16.9. The Labute approximate surface area is 183 Å². The van der Waals surface area contributed by atoms with Crippen molar-refractivity contribution in [3.8, 4) is 0 Å². The third-order valence-corrected chi connectivity index (χ3v) is 6.95. The Bertz CT molecular complexity index is 951. The summed E-state index contributed by atoms with van der Waals surface area (Å²) in [5, 5.41) is 5.88. The fourth-order valence-electron chi connectivity index (χ4n) is 3.53. The van der Waals surface area contributed by atoms with Crippen LogP contribution in [0.3, 0.4) is 0 Å². The quantitative estimate of drug-likeness (QED) is 0.576. The van der Waals surface area contributed by atoms with Crippen molar-refractivity contribution in [2.45, 2.75) is 18.9 Å². The van der Waals surface area contributed by atoms with Crippen LogP contribution in [0.25, 0.3) is 0 Å². The summed E-state index contributed by atoms with van der Waals surface area (Å²) in [6.45, 7) is 2.37. The lowest BCUT2D eigenvalue weighted by molar-refractivity contribution is -0.121. The van der Waals surface area contributed by atoms with Crippen LogP contribution in [-0.4, -0.2) is 62.8 Å². The Kier molecular flexibility index (Phi) is 8.20. The molecule has 0 unspecified atom stereocenters. The van der Waals surface area contributed by atoms with Gasteiger partial charge in [-0.25, -0.2) is 8.42 Å². The largest absolute Gasteiger partial charge is 0.356 e. The van der Waals surface area contributed by atoms with E-state index in [9.17, 15) is 18.0 Å². The maximum absolute atomic E-state index is 12.6. The summed E-state index contributed by atoms with van der Waals surface area (Å²) in [6.07, 6.45) is 0.892. The molecule has 2 aromatic rings. The minimum atomic E-state index is -2.88. The van der Waals surface area contributed by atoms with Crippen molar-refractivity contribution in [2.24, 2.45) is 0 Å². The number of sulfone groups is 1. The Morgan fingerprint density at radius 3 is 2.19 bits per heavy atom. The third-order valence-electron chi connectivity index (χ3n) is 5.34. The predicted octanol–water partition coefficient (Wildman–Crippen LogP) is 1.78. The van der Waals surface area contributed by atoms with E-state index in [4.69, 9.17) is 0 Å². The molecule has 2 amide bonds. The van der Waals surface area contributed by atoms with Crippen molar-refractivity contribution in [3.05, 3.63) is 71.8 Å². The van der Waals surface area contributed by atoms with Crippen LogP contribution in [0, 0.1) is 0 Å². The third kappa shape index (κ3) is 7.48. The zero-order chi connectivity index (χ0) is 22.1. The first kappa shape index (κ1) is 23.0. The standard InChI is InChI=1S/C23H29N3O4S/c27-22(24-12-7-13-26-14-16-31(29,30)17-15-26)18-21(19-8-3-1-4-9-19)25-23(28)20-10-5-2-6-11-20/h1-6,8-11,21H,7,12-18H2,(H,24,27)(H,25,28)/t21-/m0/s1. The van der Waals surface area contributed by atoms with Crippen LogP contribution in [0.1, 0.15) is 34.8 Å². The van der Waals surface area contributed by atoms with Crippen molar-refractivity contribution in [3.63, 3.8) is 0 Å². The van der Waals surface area contributed by atoms with Crippen LogP contribution in [0.5, 0.6) is 0 Å². The molecular formula is C23H29N3O4S. The van der Waals surface area contributed by atoms with Crippen LogP contribution in [0.2, 0.25) is 0 Å². The predicted molar refractivity (Wildman–Crippen MR) is 120 cm³/mol. The van der Waals surface area contributed by atoms with Crippen molar-refractivity contribution >= 4 is 21.7 Å². The van der Waals surface area contributed by atoms with Crippen LogP contribution >= 0.6 is 0 Å². The van der Waals surface area contributed by atoms with E-state index in [2.05, 4.69) is 15.5 Å². The number of rotatable bonds is 9. The summed E-state index contributed by atoms with van der Waals surface area (Å²) in [6, 6.07) is 18.0. The fraction of sp³-hybridized carbons (Fsp3) is 0.391. The highest BCUT2D eigenvalue weighted by Crippen LogP contribution is 2.17. The van der Waals surface area contributed by atoms with Crippen LogP contribution < -0.4 is 10.6 Å². The molecule has 0 saturated carbocycles. The summed E-state index contributed by atoms with van der Waals surface area (Å²) in [5.41, 5.74) is 1.42. The summed E-state index contributed by atoms with van der Waals surface area (Å²) in [7, 11) is -2.88. The Morgan fingerprint density at radius 1 is 0.935 bits per heavy atom. The van der Waals surface area contributed by atoms with Gasteiger partial charge in [-0.2, -0.15) is 0 Å². The Balaban J connectivity index is 1.48.